The van der Waals surface area contributed by atoms with E-state index in [1.165, 1.54) is 9.69 Å². The number of hydrogen-bond acceptors (Lipinski definition) is 6. The third-order valence-corrected chi connectivity index (χ3v) is 7.03. The van der Waals surface area contributed by atoms with Crippen LogP contribution in [0.4, 0.5) is 0 Å². The van der Waals surface area contributed by atoms with Crippen LogP contribution in [0.5, 0.6) is 5.88 Å². The van der Waals surface area contributed by atoms with Gasteiger partial charge in [-0.2, -0.15) is 4.68 Å². The fourth-order valence-corrected chi connectivity index (χ4v) is 4.97. The molecular weight excluding hydrogens is 516 g/mol. The second kappa shape index (κ2) is 15.2. The molecule has 1 saturated heterocycles. The molecule has 1 aromatic heterocycles. The van der Waals surface area contributed by atoms with Crippen LogP contribution in [0.3, 0.4) is 0 Å². The number of rotatable bonds is 14. The zero-order valence-electron chi connectivity index (χ0n) is 23.7. The first-order valence-corrected chi connectivity index (χ1v) is 14.5. The third-order valence-electron chi connectivity index (χ3n) is 6.75. The first-order valence-electron chi connectivity index (χ1n) is 14.1. The van der Waals surface area contributed by atoms with Gasteiger partial charge < -0.3 is 14.8 Å². The maximum absolute atomic E-state index is 13.8. The van der Waals surface area contributed by atoms with Crippen molar-refractivity contribution in [3.05, 3.63) is 46.4 Å². The summed E-state index contributed by atoms with van der Waals surface area (Å²) >= 11 is 5.58. The minimum absolute atomic E-state index is 0.149. The van der Waals surface area contributed by atoms with Crippen molar-refractivity contribution in [1.82, 2.24) is 15.1 Å². The second-order valence-electron chi connectivity index (χ2n) is 11.1. The maximum Gasteiger partial charge on any atom is 0.268 e. The number of imidazole rings is 1. The molecule has 0 unspecified atom stereocenters. The van der Waals surface area contributed by atoms with Crippen LogP contribution in [0, 0.1) is 16.6 Å². The number of nitrogens with zero attached hydrogens (tertiary/aromatic N) is 2. The highest BCUT2D eigenvalue weighted by molar-refractivity contribution is 7.71. The van der Waals surface area contributed by atoms with Crippen molar-refractivity contribution in [2.24, 2.45) is 11.8 Å². The van der Waals surface area contributed by atoms with Gasteiger partial charge in [-0.15, -0.1) is 0 Å². The number of carbonyl (C=O) groups is 2. The Morgan fingerprint density at radius 3 is 2.56 bits per heavy atom. The number of hydrogen-bond donors (Lipinski definition) is 3. The largest absolute Gasteiger partial charge is 0.492 e. The van der Waals surface area contributed by atoms with Crippen molar-refractivity contribution in [2.75, 3.05) is 11.6 Å². The molecule has 1 aliphatic heterocycles. The molecular formula is C29H44N4O5S. The Morgan fingerprint density at radius 1 is 1.18 bits per heavy atom. The van der Waals surface area contributed by atoms with E-state index in [2.05, 4.69) is 10.5 Å². The van der Waals surface area contributed by atoms with Gasteiger partial charge in [0.05, 0.1) is 5.69 Å². The van der Waals surface area contributed by atoms with E-state index in [-0.39, 0.29) is 34.8 Å². The van der Waals surface area contributed by atoms with Gasteiger partial charge in [0.25, 0.3) is 5.91 Å². The van der Waals surface area contributed by atoms with E-state index in [0.29, 0.717) is 44.4 Å². The Bertz CT molecular complexity index is 1110. The monoisotopic (exact) mass is 560 g/mol. The molecule has 216 valence electrons. The Morgan fingerprint density at radius 2 is 1.92 bits per heavy atom. The summed E-state index contributed by atoms with van der Waals surface area (Å²) in [6, 6.07) is 9.04. The van der Waals surface area contributed by atoms with Crippen LogP contribution in [0.1, 0.15) is 83.9 Å². The van der Waals surface area contributed by atoms with Crippen LogP contribution in [0.25, 0.3) is 0 Å². The van der Waals surface area contributed by atoms with E-state index in [4.69, 9.17) is 21.8 Å². The molecule has 2 amide bonds. The number of aromatic nitrogens is 2. The van der Waals surface area contributed by atoms with Crippen molar-refractivity contribution >= 4 is 24.0 Å². The summed E-state index contributed by atoms with van der Waals surface area (Å²) in [4.78, 5) is 36.1. The molecule has 1 aromatic carbocycles. The first kappa shape index (κ1) is 30.8. The van der Waals surface area contributed by atoms with Gasteiger partial charge in [-0.25, -0.2) is 15.3 Å². The van der Waals surface area contributed by atoms with Crippen molar-refractivity contribution in [3.8, 4) is 5.88 Å². The summed E-state index contributed by atoms with van der Waals surface area (Å²) in [5, 5.41) is 12.5. The molecule has 2 atom stereocenters. The van der Waals surface area contributed by atoms with Crippen molar-refractivity contribution in [2.45, 2.75) is 97.8 Å². The molecule has 0 saturated carbocycles. The van der Waals surface area contributed by atoms with Crippen molar-refractivity contribution in [1.29, 1.82) is 0 Å². The van der Waals surface area contributed by atoms with Gasteiger partial charge in [0.15, 0.2) is 11.1 Å². The van der Waals surface area contributed by atoms with Gasteiger partial charge >= 0.3 is 0 Å². The first-order chi connectivity index (χ1) is 18.7. The third kappa shape index (κ3) is 9.19. The van der Waals surface area contributed by atoms with Crippen LogP contribution in [0.15, 0.2) is 30.3 Å². The summed E-state index contributed by atoms with van der Waals surface area (Å²) in [7, 11) is 0. The van der Waals surface area contributed by atoms with E-state index < -0.39 is 18.2 Å². The highest BCUT2D eigenvalue weighted by atomic mass is 32.1. The van der Waals surface area contributed by atoms with Crippen LogP contribution in [-0.2, 0) is 32.0 Å². The molecule has 10 heteroatoms. The van der Waals surface area contributed by atoms with Gasteiger partial charge in [-0.05, 0) is 74.6 Å². The van der Waals surface area contributed by atoms with E-state index in [9.17, 15) is 14.7 Å². The molecule has 9 nitrogen and oxygen atoms in total. The lowest BCUT2D eigenvalue weighted by molar-refractivity contribution is -0.201. The molecule has 2 heterocycles. The number of ether oxygens (including phenoxy) is 1. The molecule has 0 spiro atoms. The molecule has 1 aliphatic rings. The molecule has 2 aromatic rings. The number of aromatic amines is 1. The van der Waals surface area contributed by atoms with E-state index in [1.807, 2.05) is 58.0 Å². The number of H-pyrrole nitrogens is 1. The zero-order valence-corrected chi connectivity index (χ0v) is 24.5. The average Bonchev–Trinajstić information content (AvgIpc) is 3.18. The lowest BCUT2D eigenvalue weighted by Gasteiger charge is -2.32. The summed E-state index contributed by atoms with van der Waals surface area (Å²) < 4.78 is 7.06. The number of aromatic hydroxyl groups is 1. The summed E-state index contributed by atoms with van der Waals surface area (Å²) in [5.41, 5.74) is 4.23. The van der Waals surface area contributed by atoms with Gasteiger partial charge in [-0.1, -0.05) is 58.0 Å². The number of carbonyl (C=O) groups excluding carboxylic acids is 2. The molecule has 3 rings (SSSR count). The number of hydroxylamine groups is 1. The summed E-state index contributed by atoms with van der Waals surface area (Å²) in [5.74, 6) is -0.389. The summed E-state index contributed by atoms with van der Waals surface area (Å²) in [6.07, 6.45) is 5.15. The molecule has 0 aliphatic carbocycles. The topological polar surface area (TPSA) is 109 Å². The molecule has 39 heavy (non-hydrogen) atoms. The molecule has 3 N–H and O–H groups in total. The van der Waals surface area contributed by atoms with Crippen LogP contribution in [0.2, 0.25) is 0 Å². The predicted molar refractivity (Wildman–Crippen MR) is 153 cm³/mol. The standard InChI is InChI=1S/C29H44N4O5S/c1-20(2)16-17-25(34)32(33-28(36)23(19-21(3)4)30-29(33)39)24(14-10-13-22-11-6-5-7-12-22)27(35)31-38-26-15-8-9-18-37-26/h5-7,11-12,20-21,24,26,36H,8-10,13-19H2,1-4H3,(H,30,39)(H,31,35)/t24-,26+/m0/s1. The second-order valence-corrected chi connectivity index (χ2v) is 11.5. The van der Waals surface area contributed by atoms with Gasteiger partial charge in [0.2, 0.25) is 11.8 Å². The smallest absolute Gasteiger partial charge is 0.268 e. The summed E-state index contributed by atoms with van der Waals surface area (Å²) in [6.45, 7) is 8.72. The van der Waals surface area contributed by atoms with Gasteiger partial charge in [-0.3, -0.25) is 9.59 Å². The van der Waals surface area contributed by atoms with E-state index in [1.54, 1.807) is 0 Å². The van der Waals surface area contributed by atoms with E-state index in [0.717, 1.165) is 24.8 Å². The Labute approximate surface area is 236 Å². The number of aryl methyl sites for hydroxylation is 1. The average molecular weight is 561 g/mol. The molecule has 0 bridgehead atoms. The van der Waals surface area contributed by atoms with Gasteiger partial charge in [0, 0.05) is 19.4 Å². The molecule has 0 radical (unpaired) electrons. The maximum atomic E-state index is 13.8. The van der Waals surface area contributed by atoms with Crippen molar-refractivity contribution < 1.29 is 24.3 Å². The van der Waals surface area contributed by atoms with Crippen LogP contribution in [-0.4, -0.2) is 45.5 Å². The highest BCUT2D eigenvalue weighted by Gasteiger charge is 2.34. The fraction of sp³-hybridized carbons (Fsp3) is 0.621. The SMILES string of the molecule is CC(C)CCC(=O)N([C@@H](CCCc1ccccc1)C(=O)NO[C@@H]1CCCCO1)n1c(O)c(CC(C)C)[nH]c1=S. The lowest BCUT2D eigenvalue weighted by Crippen LogP contribution is -2.55. The number of nitrogens with one attached hydrogen (secondary N) is 2. The minimum atomic E-state index is -0.961. The van der Waals surface area contributed by atoms with Crippen LogP contribution < -0.4 is 10.5 Å². The lowest BCUT2D eigenvalue weighted by atomic mass is 10.0. The Balaban J connectivity index is 1.93. The van der Waals surface area contributed by atoms with Crippen LogP contribution >= 0.6 is 12.2 Å². The fourth-order valence-electron chi connectivity index (χ4n) is 4.67. The molecule has 1 fully saturated rings. The number of amides is 2. The quantitative estimate of drug-likeness (QED) is 0.213. The van der Waals surface area contributed by atoms with E-state index >= 15 is 0 Å². The predicted octanol–water partition coefficient (Wildman–Crippen LogP) is 5.32. The Hall–Kier alpha value is -2.69. The van der Waals surface area contributed by atoms with Gasteiger partial charge in [0.1, 0.15) is 6.04 Å². The van der Waals surface area contributed by atoms with Crippen molar-refractivity contribution in [3.63, 3.8) is 0 Å². The highest BCUT2D eigenvalue weighted by Crippen LogP contribution is 2.25. The Kier molecular flexibility index (Phi) is 12.0. The normalized spacial score (nSPS) is 16.4. The zero-order chi connectivity index (χ0) is 28.4. The minimum Gasteiger partial charge on any atom is -0.492 e. The number of benzene rings is 1.